The molecule has 1 amide bonds. The van der Waals surface area contributed by atoms with E-state index in [9.17, 15) is 4.79 Å². The summed E-state index contributed by atoms with van der Waals surface area (Å²) < 4.78 is 5.14. The fraction of sp³-hybridized carbons (Fsp3) is 0.318. The fourth-order valence-corrected chi connectivity index (χ4v) is 3.42. The van der Waals surface area contributed by atoms with Crippen LogP contribution in [0.4, 0.5) is 0 Å². The lowest BCUT2D eigenvalue weighted by Gasteiger charge is -2.14. The number of carbonyl (C=O) groups excluding carboxylic acids is 1. The summed E-state index contributed by atoms with van der Waals surface area (Å²) >= 11 is 0. The highest BCUT2D eigenvalue weighted by Crippen LogP contribution is 2.18. The van der Waals surface area contributed by atoms with Crippen molar-refractivity contribution >= 4 is 5.91 Å². The number of hydrogen-bond donors (Lipinski definition) is 1. The van der Waals surface area contributed by atoms with E-state index in [1.54, 1.807) is 19.1 Å². The molecule has 2 aromatic carbocycles. The van der Waals surface area contributed by atoms with E-state index < -0.39 is 0 Å². The molecule has 6 nitrogen and oxygen atoms in total. The number of benzene rings is 2. The van der Waals surface area contributed by atoms with Crippen molar-refractivity contribution in [2.24, 2.45) is 0 Å². The maximum absolute atomic E-state index is 12.4. The Bertz CT molecular complexity index is 926. The second kappa shape index (κ2) is 8.35. The van der Waals surface area contributed by atoms with E-state index in [0.717, 1.165) is 17.7 Å². The highest BCUT2D eigenvalue weighted by atomic mass is 16.5. The summed E-state index contributed by atoms with van der Waals surface area (Å²) in [5.74, 6) is 0.941. The monoisotopic (exact) mass is 376 g/mol. The summed E-state index contributed by atoms with van der Waals surface area (Å²) in [5, 5.41) is 6.75. The summed E-state index contributed by atoms with van der Waals surface area (Å²) in [4.78, 5) is 19.1. The fourth-order valence-electron chi connectivity index (χ4n) is 3.42. The second-order valence-corrected chi connectivity index (χ2v) is 7.21. The zero-order chi connectivity index (χ0) is 19.3. The Kier molecular flexibility index (Phi) is 5.48. The topological polar surface area (TPSA) is 71.3 Å². The molecule has 0 bridgehead atoms. The normalized spacial score (nSPS) is 14.3. The molecule has 0 atom stereocenters. The number of nitrogens with zero attached hydrogens (tertiary/aromatic N) is 3. The van der Waals surface area contributed by atoms with Crippen LogP contribution in [0, 0.1) is 6.92 Å². The van der Waals surface area contributed by atoms with E-state index in [1.807, 2.05) is 12.1 Å². The Labute approximate surface area is 164 Å². The predicted molar refractivity (Wildman–Crippen MR) is 107 cm³/mol. The molecule has 1 aromatic heterocycles. The Hall–Kier alpha value is -2.99. The van der Waals surface area contributed by atoms with Gasteiger partial charge in [0.15, 0.2) is 5.82 Å². The van der Waals surface area contributed by atoms with Crippen molar-refractivity contribution in [1.29, 1.82) is 0 Å². The Balaban J connectivity index is 1.31. The van der Waals surface area contributed by atoms with Crippen LogP contribution in [0.25, 0.3) is 11.5 Å². The minimum atomic E-state index is -0.102. The highest BCUT2D eigenvalue weighted by molar-refractivity contribution is 5.94. The maximum Gasteiger partial charge on any atom is 0.257 e. The van der Waals surface area contributed by atoms with Crippen molar-refractivity contribution in [3.8, 4) is 11.5 Å². The van der Waals surface area contributed by atoms with Crippen LogP contribution < -0.4 is 5.32 Å². The molecular formula is C22H24N4O2. The first-order valence-corrected chi connectivity index (χ1v) is 9.66. The average Bonchev–Trinajstić information content (AvgIpc) is 3.39. The Morgan fingerprint density at radius 1 is 1.04 bits per heavy atom. The molecule has 144 valence electrons. The highest BCUT2D eigenvalue weighted by Gasteiger charge is 2.12. The van der Waals surface area contributed by atoms with Gasteiger partial charge in [-0.25, -0.2) is 0 Å². The third-order valence-electron chi connectivity index (χ3n) is 5.00. The van der Waals surface area contributed by atoms with Crippen molar-refractivity contribution in [3.63, 3.8) is 0 Å². The molecule has 4 rings (SSSR count). The third kappa shape index (κ3) is 4.46. The molecule has 0 unspecified atom stereocenters. The van der Waals surface area contributed by atoms with Crippen molar-refractivity contribution in [3.05, 3.63) is 71.0 Å². The molecular weight excluding hydrogens is 352 g/mol. The lowest BCUT2D eigenvalue weighted by atomic mass is 10.1. The summed E-state index contributed by atoms with van der Waals surface area (Å²) in [5.41, 5.74) is 3.82. The number of aryl methyl sites for hydroxylation is 1. The van der Waals surface area contributed by atoms with Crippen molar-refractivity contribution in [1.82, 2.24) is 20.4 Å². The van der Waals surface area contributed by atoms with Crippen molar-refractivity contribution in [2.45, 2.75) is 32.9 Å². The zero-order valence-electron chi connectivity index (χ0n) is 16.0. The van der Waals surface area contributed by atoms with Gasteiger partial charge in [-0.3, -0.25) is 9.69 Å². The van der Waals surface area contributed by atoms with E-state index in [0.29, 0.717) is 23.8 Å². The van der Waals surface area contributed by atoms with Gasteiger partial charge < -0.3 is 9.84 Å². The van der Waals surface area contributed by atoms with Crippen LogP contribution >= 0.6 is 0 Å². The Morgan fingerprint density at radius 3 is 2.36 bits per heavy atom. The largest absolute Gasteiger partial charge is 0.348 e. The first kappa shape index (κ1) is 18.4. The van der Waals surface area contributed by atoms with Gasteiger partial charge in [0.05, 0.1) is 0 Å². The number of rotatable bonds is 6. The molecule has 0 radical (unpaired) electrons. The third-order valence-corrected chi connectivity index (χ3v) is 5.00. The van der Waals surface area contributed by atoms with Crippen molar-refractivity contribution < 1.29 is 9.32 Å². The van der Waals surface area contributed by atoms with Crippen LogP contribution in [0.5, 0.6) is 0 Å². The number of carbonyl (C=O) groups is 1. The first-order valence-electron chi connectivity index (χ1n) is 9.66. The molecule has 1 fully saturated rings. The van der Waals surface area contributed by atoms with Crippen LogP contribution in [0.1, 0.15) is 40.2 Å². The van der Waals surface area contributed by atoms with Crippen molar-refractivity contribution in [2.75, 3.05) is 13.1 Å². The van der Waals surface area contributed by atoms with Gasteiger partial charge in [0.1, 0.15) is 0 Å². The SMILES string of the molecule is Cc1noc(-c2ccc(C(=O)NCc3ccc(CN4CCCC4)cc3)cc2)n1. The molecule has 6 heteroatoms. The van der Waals surface area contributed by atoms with Gasteiger partial charge in [-0.05, 0) is 68.2 Å². The summed E-state index contributed by atoms with van der Waals surface area (Å²) in [6, 6.07) is 15.7. The molecule has 2 heterocycles. The molecule has 1 saturated heterocycles. The molecule has 1 aliphatic rings. The minimum absolute atomic E-state index is 0.102. The van der Waals surface area contributed by atoms with Crippen LogP contribution in [0.2, 0.25) is 0 Å². The Morgan fingerprint density at radius 2 is 1.71 bits per heavy atom. The smallest absolute Gasteiger partial charge is 0.257 e. The maximum atomic E-state index is 12.4. The molecule has 28 heavy (non-hydrogen) atoms. The van der Waals surface area contributed by atoms with E-state index in [-0.39, 0.29) is 5.91 Å². The van der Waals surface area contributed by atoms with Crippen LogP contribution in [-0.4, -0.2) is 34.0 Å². The first-order chi connectivity index (χ1) is 13.7. The predicted octanol–water partition coefficient (Wildman–Crippen LogP) is 3.57. The summed E-state index contributed by atoms with van der Waals surface area (Å²) in [7, 11) is 0. The minimum Gasteiger partial charge on any atom is -0.348 e. The molecule has 1 N–H and O–H groups in total. The van der Waals surface area contributed by atoms with E-state index in [4.69, 9.17) is 4.52 Å². The standard InChI is InChI=1S/C22H24N4O2/c1-16-24-22(28-25-16)20-10-8-19(9-11-20)21(27)23-14-17-4-6-18(7-5-17)15-26-12-2-3-13-26/h4-11H,2-3,12-15H2,1H3,(H,23,27). The van der Waals surface area contributed by atoms with E-state index in [1.165, 1.54) is 31.5 Å². The lowest BCUT2D eigenvalue weighted by Crippen LogP contribution is -2.22. The molecule has 0 aliphatic carbocycles. The number of hydrogen-bond acceptors (Lipinski definition) is 5. The number of nitrogens with one attached hydrogen (secondary N) is 1. The van der Waals surface area contributed by atoms with Gasteiger partial charge in [0.2, 0.25) is 0 Å². The zero-order valence-corrected chi connectivity index (χ0v) is 16.0. The van der Waals surface area contributed by atoms with Crippen LogP contribution in [0.3, 0.4) is 0 Å². The molecule has 3 aromatic rings. The quantitative estimate of drug-likeness (QED) is 0.712. The summed E-state index contributed by atoms with van der Waals surface area (Å²) in [6.45, 7) is 5.69. The number of amides is 1. The van der Waals surface area contributed by atoms with E-state index >= 15 is 0 Å². The van der Waals surface area contributed by atoms with Gasteiger partial charge in [0.25, 0.3) is 11.8 Å². The lowest BCUT2D eigenvalue weighted by molar-refractivity contribution is 0.0951. The van der Waals surface area contributed by atoms with Gasteiger partial charge >= 0.3 is 0 Å². The van der Waals surface area contributed by atoms with Crippen LogP contribution in [-0.2, 0) is 13.1 Å². The average molecular weight is 376 g/mol. The second-order valence-electron chi connectivity index (χ2n) is 7.21. The van der Waals surface area contributed by atoms with Gasteiger partial charge in [0, 0.05) is 24.2 Å². The van der Waals surface area contributed by atoms with Gasteiger partial charge in [-0.1, -0.05) is 29.4 Å². The number of likely N-dealkylation sites (tertiary alicyclic amines) is 1. The molecule has 0 saturated carbocycles. The molecule has 1 aliphatic heterocycles. The van der Waals surface area contributed by atoms with Gasteiger partial charge in [-0.15, -0.1) is 0 Å². The summed E-state index contributed by atoms with van der Waals surface area (Å²) in [6.07, 6.45) is 2.61. The van der Waals surface area contributed by atoms with Crippen LogP contribution in [0.15, 0.2) is 53.1 Å². The molecule has 0 spiro atoms. The number of aromatic nitrogens is 2. The van der Waals surface area contributed by atoms with Gasteiger partial charge in [-0.2, -0.15) is 4.98 Å². The van der Waals surface area contributed by atoms with E-state index in [2.05, 4.69) is 44.6 Å².